The van der Waals surface area contributed by atoms with E-state index in [0.29, 0.717) is 0 Å². The van der Waals surface area contributed by atoms with Gasteiger partial charge in [0.25, 0.3) is 0 Å². The fraction of sp³-hybridized carbons (Fsp3) is 0.0345. The van der Waals surface area contributed by atoms with E-state index in [0.717, 1.165) is 23.5 Å². The minimum atomic E-state index is 0.974. The Kier molecular flexibility index (Phi) is 8.82. The van der Waals surface area contributed by atoms with Gasteiger partial charge in [-0.25, -0.2) is 0 Å². The van der Waals surface area contributed by atoms with Gasteiger partial charge >= 0.3 is 0 Å². The summed E-state index contributed by atoms with van der Waals surface area (Å²) < 4.78 is 2.37. The summed E-state index contributed by atoms with van der Waals surface area (Å²) in [5.41, 5.74) is 15.7. The quantitative estimate of drug-likeness (QED) is 0.140. The maximum atomic E-state index is 2.39. The van der Waals surface area contributed by atoms with Crippen molar-refractivity contribution in [2.45, 2.75) is 13.3 Å². The molecule has 0 atom stereocenters. The van der Waals surface area contributed by atoms with Crippen molar-refractivity contribution in [3.05, 3.63) is 230 Å². The van der Waals surface area contributed by atoms with Gasteiger partial charge in [0.2, 0.25) is 0 Å². The first-order chi connectivity index (χ1) is 29.7. The molecule has 0 bridgehead atoms. The summed E-state index contributed by atoms with van der Waals surface area (Å²) in [6.45, 7) is 2.22. The van der Waals surface area contributed by atoms with E-state index in [4.69, 9.17) is 0 Å². The number of hydrogen-bond donors (Lipinski definition) is 0. The minimum Gasteiger partial charge on any atom is -0.310 e. The minimum absolute atomic E-state index is 0.974. The highest BCUT2D eigenvalue weighted by atomic mass is 15.1. The molecule has 0 aliphatic carbocycles. The Morgan fingerprint density at radius 3 is 1.42 bits per heavy atom. The van der Waals surface area contributed by atoms with E-state index in [-0.39, 0.29) is 0 Å². The van der Waals surface area contributed by atoms with Crippen LogP contribution < -0.4 is 4.90 Å². The van der Waals surface area contributed by atoms with Crippen LogP contribution in [0.15, 0.2) is 224 Å². The molecule has 284 valence electrons. The van der Waals surface area contributed by atoms with Gasteiger partial charge in [-0.2, -0.15) is 0 Å². The predicted octanol–water partition coefficient (Wildman–Crippen LogP) is 16.1. The number of para-hydroxylation sites is 2. The Morgan fingerprint density at radius 2 is 0.817 bits per heavy atom. The monoisotopic (exact) mass is 766 g/mol. The second kappa shape index (κ2) is 14.9. The number of nitrogens with zero attached hydrogens (tertiary/aromatic N) is 2. The fourth-order valence-electron chi connectivity index (χ4n) is 9.31. The third-order valence-electron chi connectivity index (χ3n) is 12.1. The van der Waals surface area contributed by atoms with E-state index >= 15 is 0 Å². The Bertz CT molecular complexity index is 3270. The average Bonchev–Trinajstić information content (AvgIpc) is 3.66. The molecule has 1 heterocycles. The van der Waals surface area contributed by atoms with E-state index in [2.05, 4.69) is 241 Å². The van der Waals surface area contributed by atoms with Gasteiger partial charge in [0.05, 0.1) is 11.0 Å². The Hall–Kier alpha value is -7.68. The zero-order valence-electron chi connectivity index (χ0n) is 33.5. The molecule has 0 N–H and O–H groups in total. The molecule has 60 heavy (non-hydrogen) atoms. The lowest BCUT2D eigenvalue weighted by Crippen LogP contribution is -2.10. The maximum Gasteiger partial charge on any atom is 0.0541 e. The van der Waals surface area contributed by atoms with Crippen LogP contribution in [0.3, 0.4) is 0 Å². The SMILES string of the molecule is CCc1cccc(N(c2ccc(-c3ccc4c(c3)c3ccccc3n4-c3ccccc3)cc2)c2ccc(-c3c4ccccc4c(-c4ccccc4)c4ccccc34)cc2)c1. The third kappa shape index (κ3) is 6.04. The molecule has 0 fully saturated rings. The highest BCUT2D eigenvalue weighted by molar-refractivity contribution is 6.21. The summed E-state index contributed by atoms with van der Waals surface area (Å²) in [6, 6.07) is 82.0. The van der Waals surface area contributed by atoms with Gasteiger partial charge < -0.3 is 9.47 Å². The van der Waals surface area contributed by atoms with E-state index < -0.39 is 0 Å². The predicted molar refractivity (Wildman–Crippen MR) is 256 cm³/mol. The first-order valence-corrected chi connectivity index (χ1v) is 20.9. The molecule has 2 nitrogen and oxygen atoms in total. The van der Waals surface area contributed by atoms with Gasteiger partial charge in [0.1, 0.15) is 0 Å². The van der Waals surface area contributed by atoms with Gasteiger partial charge in [0.15, 0.2) is 0 Å². The van der Waals surface area contributed by atoms with Gasteiger partial charge in [-0.3, -0.25) is 0 Å². The molecule has 2 heteroatoms. The molecule has 0 saturated heterocycles. The second-order valence-corrected chi connectivity index (χ2v) is 15.6. The molecular formula is C58H42N2. The highest BCUT2D eigenvalue weighted by Crippen LogP contribution is 2.45. The van der Waals surface area contributed by atoms with E-state index in [1.807, 2.05) is 0 Å². The fourth-order valence-corrected chi connectivity index (χ4v) is 9.31. The van der Waals surface area contributed by atoms with Gasteiger partial charge in [-0.1, -0.05) is 165 Å². The van der Waals surface area contributed by atoms with Crippen LogP contribution in [0.5, 0.6) is 0 Å². The maximum absolute atomic E-state index is 2.39. The normalized spacial score (nSPS) is 11.5. The molecule has 1 aromatic heterocycles. The number of benzene rings is 10. The Morgan fingerprint density at radius 1 is 0.333 bits per heavy atom. The van der Waals surface area contributed by atoms with E-state index in [1.54, 1.807) is 0 Å². The van der Waals surface area contributed by atoms with Crippen molar-refractivity contribution in [1.82, 2.24) is 4.57 Å². The third-order valence-corrected chi connectivity index (χ3v) is 12.1. The standard InChI is InChI=1S/C58H42N2/c1-2-40-16-15-21-48(38-40)59(46-33-28-41(29-34-46)44-32-37-56-54(39-44)49-22-13-14-27-55(49)60(56)45-19-7-4-8-20-45)47-35-30-43(31-36-47)58-52-25-11-9-23-50(52)57(42-17-5-3-6-18-42)51-24-10-12-26-53(51)58/h3-39H,2H2,1H3. The first kappa shape index (κ1) is 35.5. The molecule has 0 aliphatic rings. The second-order valence-electron chi connectivity index (χ2n) is 15.6. The summed E-state index contributed by atoms with van der Waals surface area (Å²) in [4.78, 5) is 2.39. The van der Waals surface area contributed by atoms with Crippen LogP contribution in [0.1, 0.15) is 12.5 Å². The number of rotatable bonds is 8. The zero-order chi connectivity index (χ0) is 40.0. The summed E-state index contributed by atoms with van der Waals surface area (Å²) in [5, 5.41) is 7.56. The van der Waals surface area contributed by atoms with Crippen LogP contribution >= 0.6 is 0 Å². The van der Waals surface area contributed by atoms with Crippen molar-refractivity contribution in [3.8, 4) is 39.1 Å². The molecule has 11 rings (SSSR count). The molecule has 0 spiro atoms. The van der Waals surface area contributed by atoms with Crippen molar-refractivity contribution < 1.29 is 0 Å². The zero-order valence-corrected chi connectivity index (χ0v) is 33.5. The van der Waals surface area contributed by atoms with Crippen LogP contribution in [-0.2, 0) is 6.42 Å². The Balaban J connectivity index is 1.00. The molecule has 0 aliphatic heterocycles. The number of hydrogen-bond acceptors (Lipinski definition) is 1. The highest BCUT2D eigenvalue weighted by Gasteiger charge is 2.19. The van der Waals surface area contributed by atoms with Gasteiger partial charge in [0, 0.05) is 33.5 Å². The van der Waals surface area contributed by atoms with Crippen molar-refractivity contribution >= 4 is 60.4 Å². The van der Waals surface area contributed by atoms with Gasteiger partial charge in [-0.15, -0.1) is 0 Å². The molecule has 0 unspecified atom stereocenters. The summed E-state index contributed by atoms with van der Waals surface area (Å²) in [7, 11) is 0. The van der Waals surface area contributed by atoms with Crippen LogP contribution in [-0.4, -0.2) is 4.57 Å². The summed E-state index contributed by atoms with van der Waals surface area (Å²) in [5.74, 6) is 0. The Labute approximate surface area is 350 Å². The average molecular weight is 767 g/mol. The van der Waals surface area contributed by atoms with E-state index in [1.165, 1.54) is 88.0 Å². The lowest BCUT2D eigenvalue weighted by atomic mass is 9.86. The molecule has 0 saturated carbocycles. The lowest BCUT2D eigenvalue weighted by Gasteiger charge is -2.26. The first-order valence-electron chi connectivity index (χ1n) is 20.9. The largest absolute Gasteiger partial charge is 0.310 e. The number of fused-ring (bicyclic) bond motifs is 5. The smallest absolute Gasteiger partial charge is 0.0541 e. The van der Waals surface area contributed by atoms with Crippen molar-refractivity contribution in [3.63, 3.8) is 0 Å². The molecule has 10 aromatic carbocycles. The molecule has 0 radical (unpaired) electrons. The van der Waals surface area contributed by atoms with Crippen LogP contribution in [0.25, 0.3) is 82.4 Å². The summed E-state index contributed by atoms with van der Waals surface area (Å²) >= 11 is 0. The molecule has 0 amide bonds. The molecular weight excluding hydrogens is 725 g/mol. The van der Waals surface area contributed by atoms with Crippen molar-refractivity contribution in [2.24, 2.45) is 0 Å². The number of anilines is 3. The van der Waals surface area contributed by atoms with Crippen LogP contribution in [0.4, 0.5) is 17.1 Å². The van der Waals surface area contributed by atoms with Crippen molar-refractivity contribution in [1.29, 1.82) is 0 Å². The molecule has 11 aromatic rings. The van der Waals surface area contributed by atoms with Crippen LogP contribution in [0, 0.1) is 0 Å². The number of aryl methyl sites for hydroxylation is 1. The topological polar surface area (TPSA) is 8.17 Å². The lowest BCUT2D eigenvalue weighted by molar-refractivity contribution is 1.13. The van der Waals surface area contributed by atoms with E-state index in [9.17, 15) is 0 Å². The van der Waals surface area contributed by atoms with Crippen LogP contribution in [0.2, 0.25) is 0 Å². The number of aromatic nitrogens is 1. The summed E-state index contributed by atoms with van der Waals surface area (Å²) in [6.07, 6.45) is 0.974. The van der Waals surface area contributed by atoms with Crippen molar-refractivity contribution in [2.75, 3.05) is 4.90 Å². The van der Waals surface area contributed by atoms with Gasteiger partial charge in [-0.05, 0) is 134 Å².